The molecule has 18 heavy (non-hydrogen) atoms. The van der Waals surface area contributed by atoms with E-state index in [2.05, 4.69) is 15.5 Å². The number of carbonyl (C=O) groups excluding carboxylic acids is 1. The molecular formula is C14H13N3O. The fourth-order valence-corrected chi connectivity index (χ4v) is 1.43. The average molecular weight is 239 g/mol. The van der Waals surface area contributed by atoms with Gasteiger partial charge in [-0.25, -0.2) is 5.43 Å². The van der Waals surface area contributed by atoms with Crippen LogP contribution in [0.4, 0.5) is 0 Å². The molecule has 0 saturated heterocycles. The molecule has 0 aliphatic rings. The average Bonchev–Trinajstić information content (AvgIpc) is 2.46. The van der Waals surface area contributed by atoms with Crippen molar-refractivity contribution in [1.82, 2.24) is 10.4 Å². The number of hydrogen-bond donors (Lipinski definition) is 1. The summed E-state index contributed by atoms with van der Waals surface area (Å²) in [6.45, 7) is 1.84. The Balaban J connectivity index is 2.05. The van der Waals surface area contributed by atoms with Gasteiger partial charge in [0.2, 0.25) is 0 Å². The summed E-state index contributed by atoms with van der Waals surface area (Å²) in [4.78, 5) is 15.6. The molecule has 0 unspecified atom stereocenters. The standard InChI is InChI=1S/C14H13N3O/c1-11(12-7-3-2-4-8-12)16-17-14(18)13-9-5-6-10-15-13/h2-10H,1H3,(H,17,18)/b16-11+. The van der Waals surface area contributed by atoms with Crippen molar-refractivity contribution in [3.05, 3.63) is 66.0 Å². The van der Waals surface area contributed by atoms with Crippen LogP contribution in [0.5, 0.6) is 0 Å². The lowest BCUT2D eigenvalue weighted by Gasteiger charge is -2.02. The molecule has 4 heteroatoms. The van der Waals surface area contributed by atoms with Gasteiger partial charge in [-0.3, -0.25) is 9.78 Å². The molecule has 0 aliphatic carbocycles. The third-order valence-electron chi connectivity index (χ3n) is 2.41. The van der Waals surface area contributed by atoms with Gasteiger partial charge in [0, 0.05) is 6.20 Å². The highest BCUT2D eigenvalue weighted by Crippen LogP contribution is 2.00. The minimum atomic E-state index is -0.314. The maximum Gasteiger partial charge on any atom is 0.289 e. The quantitative estimate of drug-likeness (QED) is 0.659. The molecule has 0 fully saturated rings. The number of amides is 1. The molecule has 2 aromatic rings. The van der Waals surface area contributed by atoms with Gasteiger partial charge in [-0.2, -0.15) is 5.10 Å². The van der Waals surface area contributed by atoms with E-state index in [-0.39, 0.29) is 5.91 Å². The lowest BCUT2D eigenvalue weighted by atomic mass is 10.1. The summed E-state index contributed by atoms with van der Waals surface area (Å²) in [5, 5.41) is 4.05. The predicted molar refractivity (Wildman–Crippen MR) is 70.4 cm³/mol. The molecule has 90 valence electrons. The maximum atomic E-state index is 11.7. The van der Waals surface area contributed by atoms with Crippen molar-refractivity contribution >= 4 is 11.6 Å². The molecule has 0 saturated carbocycles. The number of carbonyl (C=O) groups is 1. The first-order chi connectivity index (χ1) is 8.77. The van der Waals surface area contributed by atoms with Crippen LogP contribution in [-0.4, -0.2) is 16.6 Å². The van der Waals surface area contributed by atoms with Crippen molar-refractivity contribution in [3.63, 3.8) is 0 Å². The van der Waals surface area contributed by atoms with Crippen LogP contribution in [0.2, 0.25) is 0 Å². The van der Waals surface area contributed by atoms with Crippen LogP contribution in [0.15, 0.2) is 59.8 Å². The van der Waals surface area contributed by atoms with Gasteiger partial charge in [0.25, 0.3) is 5.91 Å². The van der Waals surface area contributed by atoms with Crippen LogP contribution in [-0.2, 0) is 0 Å². The van der Waals surface area contributed by atoms with Crippen molar-refractivity contribution < 1.29 is 4.79 Å². The van der Waals surface area contributed by atoms with Crippen LogP contribution in [0.3, 0.4) is 0 Å². The first-order valence-electron chi connectivity index (χ1n) is 5.58. The van der Waals surface area contributed by atoms with Gasteiger partial charge < -0.3 is 0 Å². The van der Waals surface area contributed by atoms with E-state index in [0.29, 0.717) is 5.69 Å². The fourth-order valence-electron chi connectivity index (χ4n) is 1.43. The summed E-state index contributed by atoms with van der Waals surface area (Å²) in [6, 6.07) is 14.8. The largest absolute Gasteiger partial charge is 0.289 e. The topological polar surface area (TPSA) is 54.4 Å². The summed E-state index contributed by atoms with van der Waals surface area (Å²) in [5.74, 6) is -0.314. The van der Waals surface area contributed by atoms with E-state index in [1.807, 2.05) is 37.3 Å². The smallest absolute Gasteiger partial charge is 0.266 e. The number of rotatable bonds is 3. The molecule has 1 amide bonds. The van der Waals surface area contributed by atoms with Crippen molar-refractivity contribution in [1.29, 1.82) is 0 Å². The van der Waals surface area contributed by atoms with Gasteiger partial charge in [0.15, 0.2) is 0 Å². The second-order valence-corrected chi connectivity index (χ2v) is 3.72. The first-order valence-corrected chi connectivity index (χ1v) is 5.58. The summed E-state index contributed by atoms with van der Waals surface area (Å²) >= 11 is 0. The van der Waals surface area contributed by atoms with E-state index in [1.54, 1.807) is 24.4 Å². The first kappa shape index (κ1) is 12.0. The van der Waals surface area contributed by atoms with Gasteiger partial charge in [-0.15, -0.1) is 0 Å². The fraction of sp³-hybridized carbons (Fsp3) is 0.0714. The zero-order chi connectivity index (χ0) is 12.8. The van der Waals surface area contributed by atoms with Crippen molar-refractivity contribution in [3.8, 4) is 0 Å². The number of benzene rings is 1. The zero-order valence-corrected chi connectivity index (χ0v) is 10.00. The molecule has 4 nitrogen and oxygen atoms in total. The minimum absolute atomic E-state index is 0.314. The predicted octanol–water partition coefficient (Wildman–Crippen LogP) is 2.24. The Morgan fingerprint density at radius 2 is 1.83 bits per heavy atom. The Hall–Kier alpha value is -2.49. The molecule has 0 spiro atoms. The van der Waals surface area contributed by atoms with E-state index in [9.17, 15) is 4.79 Å². The van der Waals surface area contributed by atoms with Crippen molar-refractivity contribution in [2.45, 2.75) is 6.92 Å². The van der Waals surface area contributed by atoms with E-state index in [0.717, 1.165) is 11.3 Å². The van der Waals surface area contributed by atoms with Gasteiger partial charge in [0.1, 0.15) is 5.69 Å². The van der Waals surface area contributed by atoms with Crippen LogP contribution >= 0.6 is 0 Å². The Bertz CT molecular complexity index is 550. The van der Waals surface area contributed by atoms with E-state index >= 15 is 0 Å². The second kappa shape index (κ2) is 5.72. The monoisotopic (exact) mass is 239 g/mol. The van der Waals surface area contributed by atoms with Crippen LogP contribution in [0, 0.1) is 0 Å². The van der Waals surface area contributed by atoms with Gasteiger partial charge in [-0.1, -0.05) is 36.4 Å². The summed E-state index contributed by atoms with van der Waals surface area (Å²) in [7, 11) is 0. The Morgan fingerprint density at radius 3 is 2.50 bits per heavy atom. The molecule has 1 heterocycles. The lowest BCUT2D eigenvalue weighted by molar-refractivity contribution is 0.0950. The number of hydrazone groups is 1. The van der Waals surface area contributed by atoms with E-state index < -0.39 is 0 Å². The molecule has 0 atom stereocenters. The number of nitrogens with zero attached hydrogens (tertiary/aromatic N) is 2. The normalized spacial score (nSPS) is 11.1. The van der Waals surface area contributed by atoms with Gasteiger partial charge in [-0.05, 0) is 24.6 Å². The molecule has 0 bridgehead atoms. The highest BCUT2D eigenvalue weighted by atomic mass is 16.2. The molecule has 0 radical (unpaired) electrons. The Labute approximate surface area is 105 Å². The number of pyridine rings is 1. The Morgan fingerprint density at radius 1 is 1.11 bits per heavy atom. The third-order valence-corrected chi connectivity index (χ3v) is 2.41. The molecular weight excluding hydrogens is 226 g/mol. The van der Waals surface area contributed by atoms with Crippen LogP contribution < -0.4 is 5.43 Å². The van der Waals surface area contributed by atoms with E-state index in [1.165, 1.54) is 0 Å². The number of aromatic nitrogens is 1. The third kappa shape index (κ3) is 3.01. The van der Waals surface area contributed by atoms with E-state index in [4.69, 9.17) is 0 Å². The Kier molecular flexibility index (Phi) is 3.81. The minimum Gasteiger partial charge on any atom is -0.266 e. The molecule has 1 aromatic carbocycles. The molecule has 1 N–H and O–H groups in total. The highest BCUT2D eigenvalue weighted by molar-refractivity contribution is 6.00. The van der Waals surface area contributed by atoms with Crippen molar-refractivity contribution in [2.24, 2.45) is 5.10 Å². The second-order valence-electron chi connectivity index (χ2n) is 3.72. The highest BCUT2D eigenvalue weighted by Gasteiger charge is 2.04. The van der Waals surface area contributed by atoms with Gasteiger partial charge in [0.05, 0.1) is 5.71 Å². The zero-order valence-electron chi connectivity index (χ0n) is 10.00. The maximum absolute atomic E-state index is 11.7. The number of nitrogens with one attached hydrogen (secondary N) is 1. The van der Waals surface area contributed by atoms with Gasteiger partial charge >= 0.3 is 0 Å². The summed E-state index contributed by atoms with van der Waals surface area (Å²) in [5.41, 5.74) is 4.55. The summed E-state index contributed by atoms with van der Waals surface area (Å²) < 4.78 is 0. The lowest BCUT2D eigenvalue weighted by Crippen LogP contribution is -2.20. The molecule has 2 rings (SSSR count). The molecule has 1 aromatic heterocycles. The number of hydrogen-bond acceptors (Lipinski definition) is 3. The molecule has 0 aliphatic heterocycles. The van der Waals surface area contributed by atoms with Crippen LogP contribution in [0.1, 0.15) is 23.0 Å². The van der Waals surface area contributed by atoms with Crippen LogP contribution in [0.25, 0.3) is 0 Å². The summed E-state index contributed by atoms with van der Waals surface area (Å²) in [6.07, 6.45) is 1.57. The van der Waals surface area contributed by atoms with Crippen molar-refractivity contribution in [2.75, 3.05) is 0 Å². The SMILES string of the molecule is C/C(=N\NC(=O)c1ccccn1)c1ccccc1.